The van der Waals surface area contributed by atoms with Gasteiger partial charge in [-0.1, -0.05) is 11.6 Å². The van der Waals surface area contributed by atoms with E-state index < -0.39 is 5.51 Å². The van der Waals surface area contributed by atoms with Crippen molar-refractivity contribution in [3.05, 3.63) is 53.6 Å². The van der Waals surface area contributed by atoms with Gasteiger partial charge in [0.1, 0.15) is 0 Å². The molecule has 0 bridgehead atoms. The first-order valence-electron chi connectivity index (χ1n) is 11.9. The number of thioether (sulfide) groups is 1. The van der Waals surface area contributed by atoms with Crippen LogP contribution >= 0.6 is 23.4 Å². The Morgan fingerprint density at radius 3 is 1.86 bits per heavy atom. The van der Waals surface area contributed by atoms with Crippen LogP contribution in [-0.2, 0) is 4.79 Å². The Labute approximate surface area is 213 Å². The van der Waals surface area contributed by atoms with Gasteiger partial charge in [-0.05, 0) is 73.3 Å². The minimum absolute atomic E-state index is 0.104. The first-order valence-corrected chi connectivity index (χ1v) is 13.1. The van der Waals surface area contributed by atoms with Crippen molar-refractivity contribution >= 4 is 40.6 Å². The van der Waals surface area contributed by atoms with Gasteiger partial charge in [0.05, 0.1) is 0 Å². The highest BCUT2D eigenvalue weighted by atomic mass is 35.5. The fourth-order valence-electron chi connectivity index (χ4n) is 4.57. The Morgan fingerprint density at radius 2 is 1.31 bits per heavy atom. The van der Waals surface area contributed by atoms with E-state index in [-0.39, 0.29) is 22.6 Å². The molecule has 0 spiro atoms. The number of halogens is 4. The van der Waals surface area contributed by atoms with Crippen LogP contribution in [0.4, 0.5) is 24.5 Å². The molecular weight excluding hydrogens is 497 g/mol. The van der Waals surface area contributed by atoms with Crippen molar-refractivity contribution in [3.8, 4) is 0 Å². The fraction of sp³-hybridized carbons (Fsp3) is 0.480. The summed E-state index contributed by atoms with van der Waals surface area (Å²) in [5, 5.41) is 0.746. The van der Waals surface area contributed by atoms with Crippen LogP contribution in [0.2, 0.25) is 5.02 Å². The number of alkyl halides is 3. The van der Waals surface area contributed by atoms with E-state index >= 15 is 0 Å². The lowest BCUT2D eigenvalue weighted by Gasteiger charge is -2.37. The van der Waals surface area contributed by atoms with Crippen LogP contribution in [0.3, 0.4) is 0 Å². The quantitative estimate of drug-likeness (QED) is 0.463. The molecule has 0 aromatic heterocycles. The van der Waals surface area contributed by atoms with Gasteiger partial charge in [0.15, 0.2) is 0 Å². The Hall–Kier alpha value is -2.10. The SMILES string of the molecule is O=C(CCCN1CCN(c2ccc(Cl)cc2)CC1)N1CCN(c2ccc(SC(F)(F)F)cc2)CC1. The van der Waals surface area contributed by atoms with Crippen molar-refractivity contribution in [1.82, 2.24) is 9.80 Å². The molecule has 190 valence electrons. The molecule has 0 N–H and O–H groups in total. The van der Waals surface area contributed by atoms with Gasteiger partial charge >= 0.3 is 5.51 Å². The molecule has 2 aliphatic rings. The van der Waals surface area contributed by atoms with Gasteiger partial charge < -0.3 is 14.7 Å². The molecule has 0 atom stereocenters. The molecule has 0 unspecified atom stereocenters. The highest BCUT2D eigenvalue weighted by Crippen LogP contribution is 2.37. The number of nitrogens with zero attached hydrogens (tertiary/aromatic N) is 4. The summed E-state index contributed by atoms with van der Waals surface area (Å²) in [6.07, 6.45) is 1.39. The van der Waals surface area contributed by atoms with Crippen LogP contribution in [0.25, 0.3) is 0 Å². The zero-order valence-electron chi connectivity index (χ0n) is 19.5. The molecule has 2 aromatic carbocycles. The maximum atomic E-state index is 12.7. The Bertz CT molecular complexity index is 958. The molecule has 2 aliphatic heterocycles. The molecule has 5 nitrogen and oxygen atoms in total. The third-order valence-corrected chi connectivity index (χ3v) is 7.49. The van der Waals surface area contributed by atoms with Gasteiger partial charge in [0.2, 0.25) is 5.91 Å². The van der Waals surface area contributed by atoms with Crippen LogP contribution in [-0.4, -0.2) is 80.1 Å². The predicted octanol–water partition coefficient (Wildman–Crippen LogP) is 5.20. The molecular formula is C25H30ClF3N4OS. The lowest BCUT2D eigenvalue weighted by atomic mass is 10.2. The van der Waals surface area contributed by atoms with Crippen LogP contribution in [0, 0.1) is 0 Å². The van der Waals surface area contributed by atoms with E-state index in [0.717, 1.165) is 49.9 Å². The van der Waals surface area contributed by atoms with E-state index in [1.54, 1.807) is 12.1 Å². The number of carbonyl (C=O) groups excluding carboxylic acids is 1. The average Bonchev–Trinajstić information content (AvgIpc) is 2.85. The molecule has 2 aromatic rings. The third-order valence-electron chi connectivity index (χ3n) is 6.50. The number of piperazine rings is 2. The summed E-state index contributed by atoms with van der Waals surface area (Å²) in [5.74, 6) is 0.182. The monoisotopic (exact) mass is 526 g/mol. The Balaban J connectivity index is 1.13. The molecule has 10 heteroatoms. The van der Waals surface area contributed by atoms with E-state index in [4.69, 9.17) is 11.6 Å². The highest BCUT2D eigenvalue weighted by molar-refractivity contribution is 8.00. The number of anilines is 2. The summed E-state index contributed by atoms with van der Waals surface area (Å²) in [7, 11) is 0. The molecule has 35 heavy (non-hydrogen) atoms. The highest BCUT2D eigenvalue weighted by Gasteiger charge is 2.29. The first kappa shape index (κ1) is 26.0. The second-order valence-corrected chi connectivity index (χ2v) is 10.4. The largest absolute Gasteiger partial charge is 0.446 e. The summed E-state index contributed by atoms with van der Waals surface area (Å²) >= 11 is 5.87. The van der Waals surface area contributed by atoms with Gasteiger partial charge in [0.25, 0.3) is 0 Å². The van der Waals surface area contributed by atoms with Gasteiger partial charge in [-0.3, -0.25) is 9.69 Å². The Morgan fingerprint density at radius 1 is 0.800 bits per heavy atom. The molecule has 2 heterocycles. The van der Waals surface area contributed by atoms with Gasteiger partial charge in [-0.2, -0.15) is 13.2 Å². The van der Waals surface area contributed by atoms with Crippen molar-refractivity contribution < 1.29 is 18.0 Å². The second-order valence-electron chi connectivity index (χ2n) is 8.82. The average molecular weight is 527 g/mol. The topological polar surface area (TPSA) is 30.0 Å². The molecule has 4 rings (SSSR count). The van der Waals surface area contributed by atoms with Crippen molar-refractivity contribution in [3.63, 3.8) is 0 Å². The zero-order valence-corrected chi connectivity index (χ0v) is 21.1. The number of hydrogen-bond acceptors (Lipinski definition) is 5. The smallest absolute Gasteiger partial charge is 0.369 e. The molecule has 1 amide bonds. The maximum Gasteiger partial charge on any atom is 0.446 e. The normalized spacial score (nSPS) is 17.7. The van der Waals surface area contributed by atoms with Crippen LogP contribution in [0.1, 0.15) is 12.8 Å². The molecule has 0 saturated carbocycles. The van der Waals surface area contributed by atoms with Crippen molar-refractivity contribution in [1.29, 1.82) is 0 Å². The van der Waals surface area contributed by atoms with Gasteiger partial charge in [0, 0.05) is 80.1 Å². The number of carbonyl (C=O) groups is 1. The van der Waals surface area contributed by atoms with Crippen molar-refractivity contribution in [2.24, 2.45) is 0 Å². The summed E-state index contributed by atoms with van der Waals surface area (Å²) in [6.45, 7) is 7.46. The minimum Gasteiger partial charge on any atom is -0.369 e. The summed E-state index contributed by atoms with van der Waals surface area (Å²) in [6, 6.07) is 14.4. The number of rotatable bonds is 7. The van der Waals surface area contributed by atoms with Gasteiger partial charge in [-0.15, -0.1) is 0 Å². The minimum atomic E-state index is -4.28. The van der Waals surface area contributed by atoms with E-state index in [9.17, 15) is 18.0 Å². The van der Waals surface area contributed by atoms with E-state index in [1.165, 1.54) is 17.8 Å². The molecule has 2 saturated heterocycles. The number of amides is 1. The van der Waals surface area contributed by atoms with Crippen LogP contribution < -0.4 is 9.80 Å². The van der Waals surface area contributed by atoms with Crippen LogP contribution in [0.5, 0.6) is 0 Å². The van der Waals surface area contributed by atoms with Crippen molar-refractivity contribution in [2.75, 3.05) is 68.7 Å². The van der Waals surface area contributed by atoms with Gasteiger partial charge in [-0.25, -0.2) is 0 Å². The standard InChI is InChI=1S/C25H30ClF3N4OS/c26-20-3-5-21(6-4-20)31-14-12-30(13-15-31)11-1-2-24(34)33-18-16-32(17-19-33)22-7-9-23(10-8-22)35-25(27,28)29/h3-10H,1-2,11-19H2. The molecule has 0 aliphatic carbocycles. The zero-order chi connectivity index (χ0) is 24.8. The fourth-order valence-corrected chi connectivity index (χ4v) is 5.23. The predicted molar refractivity (Wildman–Crippen MR) is 136 cm³/mol. The Kier molecular flexibility index (Phi) is 8.73. The van der Waals surface area contributed by atoms with E-state index in [0.29, 0.717) is 32.6 Å². The van der Waals surface area contributed by atoms with E-state index in [2.05, 4.69) is 26.8 Å². The van der Waals surface area contributed by atoms with E-state index in [1.807, 2.05) is 17.0 Å². The summed E-state index contributed by atoms with van der Waals surface area (Å²) in [5.41, 5.74) is -2.19. The first-order chi connectivity index (χ1) is 16.8. The third kappa shape index (κ3) is 7.69. The summed E-state index contributed by atoms with van der Waals surface area (Å²) in [4.78, 5) is 21.7. The maximum absolute atomic E-state index is 12.7. The lowest BCUT2D eigenvalue weighted by molar-refractivity contribution is -0.131. The second kappa shape index (κ2) is 11.8. The molecule has 2 fully saturated rings. The number of hydrogen-bond donors (Lipinski definition) is 0. The lowest BCUT2D eigenvalue weighted by Crippen LogP contribution is -2.49. The van der Waals surface area contributed by atoms with Crippen LogP contribution in [0.15, 0.2) is 53.4 Å². The van der Waals surface area contributed by atoms with Crippen molar-refractivity contribution in [2.45, 2.75) is 23.2 Å². The molecule has 0 radical (unpaired) electrons. The summed E-state index contributed by atoms with van der Waals surface area (Å²) < 4.78 is 37.5. The number of benzene rings is 2.